The van der Waals surface area contributed by atoms with Gasteiger partial charge in [0.1, 0.15) is 0 Å². The maximum Gasteiger partial charge on any atom is 0.331 e. The van der Waals surface area contributed by atoms with E-state index in [1.807, 2.05) is 32.0 Å². The highest BCUT2D eigenvalue weighted by atomic mass is 16.5. The first-order valence-corrected chi connectivity index (χ1v) is 6.81. The molecule has 0 saturated heterocycles. The quantitative estimate of drug-likeness (QED) is 0.641. The van der Waals surface area contributed by atoms with Gasteiger partial charge in [-0.05, 0) is 38.0 Å². The van der Waals surface area contributed by atoms with Gasteiger partial charge in [-0.25, -0.2) is 9.59 Å². The largest absolute Gasteiger partial charge is 0.463 e. The Kier molecular flexibility index (Phi) is 6.82. The standard InChI is InChI=1S/C16H19NO5/c1-4-21-15(19)7-8-16(20)22-10-14(18)17-13-9-11(2)5-6-12(13)3/h5-9H,4,10H2,1-3H3,(H,17,18)/b8-7+. The van der Waals surface area contributed by atoms with E-state index in [0.29, 0.717) is 5.69 Å². The van der Waals surface area contributed by atoms with Gasteiger partial charge in [0.05, 0.1) is 6.61 Å². The van der Waals surface area contributed by atoms with Gasteiger partial charge in [-0.2, -0.15) is 0 Å². The first kappa shape index (κ1) is 17.4. The van der Waals surface area contributed by atoms with E-state index in [0.717, 1.165) is 23.3 Å². The lowest BCUT2D eigenvalue weighted by Gasteiger charge is -2.09. The van der Waals surface area contributed by atoms with E-state index in [4.69, 9.17) is 4.74 Å². The second kappa shape index (κ2) is 8.61. The number of rotatable bonds is 6. The average Bonchev–Trinajstić information content (AvgIpc) is 2.47. The lowest BCUT2D eigenvalue weighted by molar-refractivity contribution is -0.143. The second-order valence-electron chi connectivity index (χ2n) is 4.56. The van der Waals surface area contributed by atoms with Crippen LogP contribution in [0.15, 0.2) is 30.4 Å². The zero-order chi connectivity index (χ0) is 16.5. The normalized spacial score (nSPS) is 10.3. The number of carbonyl (C=O) groups excluding carboxylic acids is 3. The van der Waals surface area contributed by atoms with Gasteiger partial charge in [0.15, 0.2) is 6.61 Å². The Hall–Kier alpha value is -2.63. The number of hydrogen-bond acceptors (Lipinski definition) is 5. The molecule has 0 aliphatic heterocycles. The maximum atomic E-state index is 11.7. The van der Waals surface area contributed by atoms with E-state index in [1.54, 1.807) is 6.92 Å². The van der Waals surface area contributed by atoms with Crippen molar-refractivity contribution in [1.82, 2.24) is 0 Å². The third-order valence-electron chi connectivity index (χ3n) is 2.65. The molecule has 0 radical (unpaired) electrons. The molecule has 0 saturated carbocycles. The molecule has 0 heterocycles. The number of aryl methyl sites for hydroxylation is 2. The molecule has 1 aromatic rings. The Labute approximate surface area is 129 Å². The van der Waals surface area contributed by atoms with Crippen LogP contribution in [0.3, 0.4) is 0 Å². The number of carbonyl (C=O) groups is 3. The summed E-state index contributed by atoms with van der Waals surface area (Å²) in [6.07, 6.45) is 1.87. The summed E-state index contributed by atoms with van der Waals surface area (Å²) in [5.41, 5.74) is 2.59. The van der Waals surface area contributed by atoms with Crippen molar-refractivity contribution in [3.63, 3.8) is 0 Å². The number of anilines is 1. The molecule has 0 aromatic heterocycles. The zero-order valence-electron chi connectivity index (χ0n) is 12.8. The molecule has 22 heavy (non-hydrogen) atoms. The fourth-order valence-corrected chi connectivity index (χ4v) is 1.57. The monoisotopic (exact) mass is 305 g/mol. The second-order valence-corrected chi connectivity index (χ2v) is 4.56. The van der Waals surface area contributed by atoms with Gasteiger partial charge in [0.2, 0.25) is 0 Å². The summed E-state index contributed by atoms with van der Waals surface area (Å²) in [5, 5.41) is 2.66. The van der Waals surface area contributed by atoms with Gasteiger partial charge in [0, 0.05) is 17.8 Å². The van der Waals surface area contributed by atoms with Crippen molar-refractivity contribution >= 4 is 23.5 Å². The van der Waals surface area contributed by atoms with Gasteiger partial charge >= 0.3 is 11.9 Å². The first-order chi connectivity index (χ1) is 10.4. The van der Waals surface area contributed by atoms with Crippen LogP contribution in [-0.4, -0.2) is 31.1 Å². The molecule has 0 bridgehead atoms. The summed E-state index contributed by atoms with van der Waals surface area (Å²) < 4.78 is 9.34. The number of amides is 1. The van der Waals surface area contributed by atoms with Crippen LogP contribution in [-0.2, 0) is 23.9 Å². The lowest BCUT2D eigenvalue weighted by Crippen LogP contribution is -2.20. The van der Waals surface area contributed by atoms with Crippen molar-refractivity contribution < 1.29 is 23.9 Å². The number of benzene rings is 1. The highest BCUT2D eigenvalue weighted by Gasteiger charge is 2.08. The van der Waals surface area contributed by atoms with Crippen molar-refractivity contribution in [2.24, 2.45) is 0 Å². The minimum Gasteiger partial charge on any atom is -0.463 e. The number of ether oxygens (including phenoxy) is 2. The third kappa shape index (κ3) is 6.21. The van der Waals surface area contributed by atoms with Crippen LogP contribution in [0.2, 0.25) is 0 Å². The fourth-order valence-electron chi connectivity index (χ4n) is 1.57. The Morgan fingerprint density at radius 1 is 1.09 bits per heavy atom. The number of nitrogens with one attached hydrogen (secondary N) is 1. The van der Waals surface area contributed by atoms with E-state index in [9.17, 15) is 14.4 Å². The van der Waals surface area contributed by atoms with Gasteiger partial charge in [0.25, 0.3) is 5.91 Å². The highest BCUT2D eigenvalue weighted by molar-refractivity contribution is 5.96. The van der Waals surface area contributed by atoms with Crippen LogP contribution in [0.4, 0.5) is 5.69 Å². The van der Waals surface area contributed by atoms with Crippen molar-refractivity contribution in [2.45, 2.75) is 20.8 Å². The van der Waals surface area contributed by atoms with Crippen LogP contribution in [0, 0.1) is 13.8 Å². The molecule has 1 amide bonds. The molecule has 0 fully saturated rings. The van der Waals surface area contributed by atoms with Gasteiger partial charge in [-0.1, -0.05) is 12.1 Å². The van der Waals surface area contributed by atoms with Gasteiger partial charge in [-0.15, -0.1) is 0 Å². The van der Waals surface area contributed by atoms with E-state index >= 15 is 0 Å². The van der Waals surface area contributed by atoms with Gasteiger partial charge < -0.3 is 14.8 Å². The Bertz CT molecular complexity index is 592. The summed E-state index contributed by atoms with van der Waals surface area (Å²) in [5.74, 6) is -1.88. The predicted molar refractivity (Wildman–Crippen MR) is 81.3 cm³/mol. The smallest absolute Gasteiger partial charge is 0.331 e. The van der Waals surface area contributed by atoms with Crippen LogP contribution < -0.4 is 5.32 Å². The molecular weight excluding hydrogens is 286 g/mol. The molecule has 0 spiro atoms. The molecule has 6 heteroatoms. The summed E-state index contributed by atoms with van der Waals surface area (Å²) in [7, 11) is 0. The van der Waals surface area contributed by atoms with Crippen molar-refractivity contribution in [3.05, 3.63) is 41.5 Å². The molecule has 0 aliphatic carbocycles. The molecule has 118 valence electrons. The fraction of sp³-hybridized carbons (Fsp3) is 0.312. The minimum absolute atomic E-state index is 0.219. The van der Waals surface area contributed by atoms with Crippen molar-refractivity contribution in [1.29, 1.82) is 0 Å². The van der Waals surface area contributed by atoms with Crippen LogP contribution in [0.5, 0.6) is 0 Å². The number of esters is 2. The highest BCUT2D eigenvalue weighted by Crippen LogP contribution is 2.16. The third-order valence-corrected chi connectivity index (χ3v) is 2.65. The molecule has 1 aromatic carbocycles. The van der Waals surface area contributed by atoms with Crippen LogP contribution in [0.1, 0.15) is 18.1 Å². The van der Waals surface area contributed by atoms with Crippen molar-refractivity contribution in [3.8, 4) is 0 Å². The van der Waals surface area contributed by atoms with E-state index in [-0.39, 0.29) is 6.61 Å². The molecule has 1 rings (SSSR count). The molecule has 0 aliphatic rings. The van der Waals surface area contributed by atoms with Gasteiger partial charge in [-0.3, -0.25) is 4.79 Å². The van der Waals surface area contributed by atoms with E-state index in [2.05, 4.69) is 10.1 Å². The molecule has 6 nitrogen and oxygen atoms in total. The Morgan fingerprint density at radius 2 is 1.73 bits per heavy atom. The molecule has 0 atom stereocenters. The molecule has 0 unspecified atom stereocenters. The Balaban J connectivity index is 2.44. The molecule has 1 N–H and O–H groups in total. The predicted octanol–water partition coefficient (Wildman–Crippen LogP) is 1.90. The van der Waals surface area contributed by atoms with Crippen LogP contribution >= 0.6 is 0 Å². The summed E-state index contributed by atoms with van der Waals surface area (Å²) in [6, 6.07) is 5.65. The molecular formula is C16H19NO5. The topological polar surface area (TPSA) is 81.7 Å². The van der Waals surface area contributed by atoms with E-state index in [1.165, 1.54) is 0 Å². The summed E-state index contributed by atoms with van der Waals surface area (Å²) in [4.78, 5) is 34.0. The SMILES string of the molecule is CCOC(=O)/C=C/C(=O)OCC(=O)Nc1cc(C)ccc1C. The average molecular weight is 305 g/mol. The summed E-state index contributed by atoms with van der Waals surface area (Å²) >= 11 is 0. The van der Waals surface area contributed by atoms with E-state index < -0.39 is 24.5 Å². The van der Waals surface area contributed by atoms with Crippen LogP contribution in [0.25, 0.3) is 0 Å². The minimum atomic E-state index is -0.788. The summed E-state index contributed by atoms with van der Waals surface area (Å²) in [6.45, 7) is 5.22. The Morgan fingerprint density at radius 3 is 2.36 bits per heavy atom. The lowest BCUT2D eigenvalue weighted by atomic mass is 10.1. The maximum absolute atomic E-state index is 11.7. The number of hydrogen-bond donors (Lipinski definition) is 1. The zero-order valence-corrected chi connectivity index (χ0v) is 12.8. The first-order valence-electron chi connectivity index (χ1n) is 6.81. The van der Waals surface area contributed by atoms with Crippen molar-refractivity contribution in [2.75, 3.05) is 18.5 Å².